The highest BCUT2D eigenvalue weighted by Gasteiger charge is 2.40. The first kappa shape index (κ1) is 15.9. The molecule has 0 aliphatic carbocycles. The van der Waals surface area contributed by atoms with Crippen LogP contribution in [0.5, 0.6) is 0 Å². The van der Waals surface area contributed by atoms with Gasteiger partial charge in [-0.25, -0.2) is 0 Å². The summed E-state index contributed by atoms with van der Waals surface area (Å²) < 4.78 is 1.06. The molecule has 0 saturated carbocycles. The maximum Gasteiger partial charge on any atom is 0.0410 e. The number of piperazine rings is 1. The van der Waals surface area contributed by atoms with Gasteiger partial charge in [-0.05, 0) is 54.2 Å². The number of halogens is 1. The van der Waals surface area contributed by atoms with E-state index in [0.29, 0.717) is 0 Å². The zero-order chi connectivity index (χ0) is 14.8. The predicted molar refractivity (Wildman–Crippen MR) is 87.7 cm³/mol. The second kappa shape index (κ2) is 6.12. The third-order valence-corrected chi connectivity index (χ3v) is 5.17. The number of pyridine rings is 1. The summed E-state index contributed by atoms with van der Waals surface area (Å²) in [6.45, 7) is 12.3. The molecule has 0 unspecified atom stereocenters. The Balaban J connectivity index is 2.18. The second-order valence-electron chi connectivity index (χ2n) is 6.52. The molecule has 2 rings (SSSR count). The number of hydrogen-bond donors (Lipinski definition) is 1. The molecule has 3 nitrogen and oxygen atoms in total. The smallest absolute Gasteiger partial charge is 0.0410 e. The summed E-state index contributed by atoms with van der Waals surface area (Å²) in [5.74, 6) is 0. The monoisotopic (exact) mass is 339 g/mol. The molecule has 112 valence electrons. The van der Waals surface area contributed by atoms with Gasteiger partial charge >= 0.3 is 0 Å². The maximum absolute atomic E-state index is 4.28. The summed E-state index contributed by atoms with van der Waals surface area (Å²) in [5, 5.41) is 3.78. The molecule has 0 atom stereocenters. The normalized spacial score (nSPS) is 21.9. The van der Waals surface area contributed by atoms with Gasteiger partial charge in [-0.15, -0.1) is 0 Å². The third-order valence-electron chi connectivity index (χ3n) is 4.73. The van der Waals surface area contributed by atoms with Gasteiger partial charge in [0.25, 0.3) is 0 Å². The lowest BCUT2D eigenvalue weighted by molar-refractivity contribution is 0.0161. The summed E-state index contributed by atoms with van der Waals surface area (Å²) in [5.41, 5.74) is 1.71. The van der Waals surface area contributed by atoms with Crippen LogP contribution >= 0.6 is 15.9 Å². The van der Waals surface area contributed by atoms with Crippen LogP contribution in [0, 0.1) is 0 Å². The van der Waals surface area contributed by atoms with Crippen molar-refractivity contribution in [3.63, 3.8) is 0 Å². The van der Waals surface area contributed by atoms with Gasteiger partial charge in [0, 0.05) is 47.6 Å². The van der Waals surface area contributed by atoms with Gasteiger partial charge in [0.05, 0.1) is 0 Å². The van der Waals surface area contributed by atoms with Crippen LogP contribution in [-0.4, -0.2) is 34.1 Å². The number of nitrogens with zero attached hydrogens (tertiary/aromatic N) is 2. The lowest BCUT2D eigenvalue weighted by Crippen LogP contribution is -2.67. The van der Waals surface area contributed by atoms with Crippen LogP contribution in [0.4, 0.5) is 0 Å². The van der Waals surface area contributed by atoms with Gasteiger partial charge < -0.3 is 5.32 Å². The molecule has 1 saturated heterocycles. The van der Waals surface area contributed by atoms with Crippen molar-refractivity contribution in [3.05, 3.63) is 28.5 Å². The van der Waals surface area contributed by atoms with Crippen molar-refractivity contribution < 1.29 is 0 Å². The Morgan fingerprint density at radius 2 is 2.00 bits per heavy atom. The van der Waals surface area contributed by atoms with Gasteiger partial charge in [-0.1, -0.05) is 13.8 Å². The predicted octanol–water partition coefficient (Wildman–Crippen LogP) is 3.59. The van der Waals surface area contributed by atoms with Crippen molar-refractivity contribution in [2.24, 2.45) is 0 Å². The van der Waals surface area contributed by atoms with Crippen LogP contribution in [0.1, 0.15) is 46.1 Å². The molecule has 0 bridgehead atoms. The average molecular weight is 340 g/mol. The van der Waals surface area contributed by atoms with E-state index in [2.05, 4.69) is 64.9 Å². The molecule has 0 aromatic carbocycles. The summed E-state index contributed by atoms with van der Waals surface area (Å²) in [7, 11) is 0. The summed E-state index contributed by atoms with van der Waals surface area (Å²) in [6.07, 6.45) is 6.16. The first-order valence-electron chi connectivity index (χ1n) is 7.50. The third kappa shape index (κ3) is 3.41. The molecule has 1 fully saturated rings. The summed E-state index contributed by atoms with van der Waals surface area (Å²) >= 11 is 3.51. The van der Waals surface area contributed by atoms with Crippen molar-refractivity contribution in [1.82, 2.24) is 15.2 Å². The Kier molecular flexibility index (Phi) is 4.88. The molecule has 1 N–H and O–H groups in total. The highest BCUT2D eigenvalue weighted by atomic mass is 79.9. The highest BCUT2D eigenvalue weighted by molar-refractivity contribution is 9.10. The Morgan fingerprint density at radius 3 is 2.60 bits per heavy atom. The van der Waals surface area contributed by atoms with E-state index in [1.807, 2.05) is 12.4 Å². The second-order valence-corrected chi connectivity index (χ2v) is 7.44. The van der Waals surface area contributed by atoms with Crippen molar-refractivity contribution >= 4 is 15.9 Å². The van der Waals surface area contributed by atoms with Crippen molar-refractivity contribution in [2.75, 3.05) is 13.1 Å². The zero-order valence-corrected chi connectivity index (χ0v) is 14.6. The van der Waals surface area contributed by atoms with E-state index in [4.69, 9.17) is 0 Å². The van der Waals surface area contributed by atoms with E-state index >= 15 is 0 Å². The van der Waals surface area contributed by atoms with Gasteiger partial charge in [0.15, 0.2) is 0 Å². The Hall–Kier alpha value is -0.450. The van der Waals surface area contributed by atoms with Gasteiger partial charge in [0.1, 0.15) is 0 Å². The molecule has 1 aromatic rings. The van der Waals surface area contributed by atoms with Crippen LogP contribution in [0.25, 0.3) is 0 Å². The number of aromatic nitrogens is 1. The minimum Gasteiger partial charge on any atom is -0.308 e. The molecular weight excluding hydrogens is 314 g/mol. The average Bonchev–Trinajstić information content (AvgIpc) is 2.42. The number of rotatable bonds is 4. The van der Waals surface area contributed by atoms with Crippen LogP contribution in [-0.2, 0) is 6.54 Å². The van der Waals surface area contributed by atoms with E-state index < -0.39 is 0 Å². The minimum atomic E-state index is 0.177. The number of nitrogens with one attached hydrogen (secondary N) is 1. The Labute approximate surface area is 131 Å². The van der Waals surface area contributed by atoms with Crippen molar-refractivity contribution in [1.29, 1.82) is 0 Å². The van der Waals surface area contributed by atoms with Crippen LogP contribution < -0.4 is 5.32 Å². The molecule has 0 amide bonds. The minimum absolute atomic E-state index is 0.177. The fourth-order valence-corrected chi connectivity index (χ4v) is 3.32. The summed E-state index contributed by atoms with van der Waals surface area (Å²) in [6, 6.07) is 2.17. The molecule has 0 radical (unpaired) electrons. The van der Waals surface area contributed by atoms with Crippen LogP contribution in [0.15, 0.2) is 22.9 Å². The van der Waals surface area contributed by atoms with Crippen LogP contribution in [0.3, 0.4) is 0 Å². The molecule has 20 heavy (non-hydrogen) atoms. The molecule has 1 aromatic heterocycles. The first-order chi connectivity index (χ1) is 9.41. The van der Waals surface area contributed by atoms with E-state index in [1.165, 1.54) is 18.4 Å². The SMILES string of the molecule is CCC1(CC)CN(Cc2cncc(Br)c2)C(C)(C)CN1. The number of hydrogen-bond acceptors (Lipinski definition) is 3. The van der Waals surface area contributed by atoms with Crippen LogP contribution in [0.2, 0.25) is 0 Å². The van der Waals surface area contributed by atoms with E-state index in [9.17, 15) is 0 Å². The van der Waals surface area contributed by atoms with Crippen molar-refractivity contribution in [3.8, 4) is 0 Å². The maximum atomic E-state index is 4.28. The topological polar surface area (TPSA) is 28.2 Å². The zero-order valence-electron chi connectivity index (χ0n) is 13.0. The fraction of sp³-hybridized carbons (Fsp3) is 0.688. The lowest BCUT2D eigenvalue weighted by Gasteiger charge is -2.52. The Bertz CT molecular complexity index is 455. The standard InChI is InChI=1S/C16H26BrN3/c1-5-16(6-2)12-20(15(3,4)11-19-16)10-13-7-14(17)9-18-8-13/h7-9,19H,5-6,10-12H2,1-4H3. The summed E-state index contributed by atoms with van der Waals surface area (Å²) in [4.78, 5) is 6.88. The molecule has 1 aliphatic heterocycles. The van der Waals surface area contributed by atoms with Gasteiger partial charge in [-0.2, -0.15) is 0 Å². The molecule has 1 aliphatic rings. The van der Waals surface area contributed by atoms with E-state index in [1.54, 1.807) is 0 Å². The molecule has 2 heterocycles. The highest BCUT2D eigenvalue weighted by Crippen LogP contribution is 2.29. The molecular formula is C16H26BrN3. The largest absolute Gasteiger partial charge is 0.308 e. The van der Waals surface area contributed by atoms with E-state index in [0.717, 1.165) is 24.1 Å². The van der Waals surface area contributed by atoms with Crippen molar-refractivity contribution in [2.45, 2.75) is 58.2 Å². The fourth-order valence-electron chi connectivity index (χ4n) is 2.91. The van der Waals surface area contributed by atoms with E-state index in [-0.39, 0.29) is 11.1 Å². The first-order valence-corrected chi connectivity index (χ1v) is 8.29. The van der Waals surface area contributed by atoms with Gasteiger partial charge in [-0.3, -0.25) is 9.88 Å². The quantitative estimate of drug-likeness (QED) is 0.908. The van der Waals surface area contributed by atoms with Gasteiger partial charge in [0.2, 0.25) is 0 Å². The lowest BCUT2D eigenvalue weighted by atomic mass is 9.84. The Morgan fingerprint density at radius 1 is 1.30 bits per heavy atom. The molecule has 0 spiro atoms. The molecule has 4 heteroatoms.